The fraction of sp³-hybridized carbons (Fsp3) is 0.429. The number of benzene rings is 1. The summed E-state index contributed by atoms with van der Waals surface area (Å²) in [4.78, 5) is 23.3. The van der Waals surface area contributed by atoms with E-state index >= 15 is 0 Å². The summed E-state index contributed by atoms with van der Waals surface area (Å²) in [6.45, 7) is 1.34. The molecule has 2 rings (SSSR count). The highest BCUT2D eigenvalue weighted by molar-refractivity contribution is 6.33. The Morgan fingerprint density at radius 2 is 2.00 bits per heavy atom. The first kappa shape index (κ1) is 16.6. The Balaban J connectivity index is 2.05. The van der Waals surface area contributed by atoms with Crippen LogP contribution in [-0.2, 0) is 20.5 Å². The zero-order valence-electron chi connectivity index (χ0n) is 11.5. The quantitative estimate of drug-likeness (QED) is 0.855. The molecule has 0 aliphatic heterocycles. The van der Waals surface area contributed by atoms with E-state index in [2.05, 4.69) is 5.32 Å². The van der Waals surface area contributed by atoms with Crippen LogP contribution < -0.4 is 5.32 Å². The van der Waals surface area contributed by atoms with Gasteiger partial charge in [0, 0.05) is 0 Å². The van der Waals surface area contributed by atoms with Crippen LogP contribution in [0, 0.1) is 5.92 Å². The monoisotopic (exact) mass is 335 g/mol. The van der Waals surface area contributed by atoms with E-state index < -0.39 is 29.7 Å². The van der Waals surface area contributed by atoms with Crippen molar-refractivity contribution in [1.29, 1.82) is 0 Å². The van der Waals surface area contributed by atoms with E-state index in [0.717, 1.165) is 31.0 Å². The lowest BCUT2D eigenvalue weighted by molar-refractivity contribution is -0.154. The summed E-state index contributed by atoms with van der Waals surface area (Å²) < 4.78 is 42.8. The highest BCUT2D eigenvalue weighted by atomic mass is 35.5. The van der Waals surface area contributed by atoms with Crippen LogP contribution in [0.2, 0.25) is 5.02 Å². The van der Waals surface area contributed by atoms with Crippen LogP contribution in [0.5, 0.6) is 0 Å². The molecule has 1 saturated carbocycles. The van der Waals surface area contributed by atoms with Crippen molar-refractivity contribution in [2.45, 2.75) is 32.0 Å². The zero-order chi connectivity index (χ0) is 16.5. The second-order valence-electron chi connectivity index (χ2n) is 5.04. The lowest BCUT2D eigenvalue weighted by atomic mass is 10.2. The van der Waals surface area contributed by atoms with Gasteiger partial charge in [0.1, 0.15) is 0 Å². The summed E-state index contributed by atoms with van der Waals surface area (Å²) in [6, 6.07) is 2.59. The molecule has 1 N–H and O–H groups in total. The van der Waals surface area contributed by atoms with Gasteiger partial charge in [0.15, 0.2) is 6.10 Å². The van der Waals surface area contributed by atoms with Crippen molar-refractivity contribution in [2.24, 2.45) is 5.92 Å². The smallest absolute Gasteiger partial charge is 0.416 e. The summed E-state index contributed by atoms with van der Waals surface area (Å²) in [5.74, 6) is -1.39. The van der Waals surface area contributed by atoms with Crippen LogP contribution in [0.3, 0.4) is 0 Å². The first-order valence-corrected chi connectivity index (χ1v) is 6.94. The van der Waals surface area contributed by atoms with Crippen molar-refractivity contribution < 1.29 is 27.5 Å². The number of ether oxygens (including phenoxy) is 1. The highest BCUT2D eigenvalue weighted by Crippen LogP contribution is 2.34. The number of nitrogens with one attached hydrogen (secondary N) is 1. The molecule has 1 fully saturated rings. The molecule has 8 heteroatoms. The Morgan fingerprint density at radius 1 is 1.36 bits per heavy atom. The van der Waals surface area contributed by atoms with Crippen LogP contribution in [0.15, 0.2) is 18.2 Å². The van der Waals surface area contributed by atoms with E-state index in [1.54, 1.807) is 0 Å². The summed E-state index contributed by atoms with van der Waals surface area (Å²) in [7, 11) is 0. The average molecular weight is 336 g/mol. The van der Waals surface area contributed by atoms with E-state index in [-0.39, 0.29) is 16.6 Å². The largest absolute Gasteiger partial charge is 0.452 e. The standard InChI is InChI=1S/C14H13ClF3NO3/c1-7(22-13(21)8-2-3-8)12(20)19-11-6-9(14(16,17)18)4-5-10(11)15/h4-8H,2-3H2,1H3,(H,19,20)/t7-/m1/s1. The van der Waals surface area contributed by atoms with Gasteiger partial charge in [0.05, 0.1) is 22.2 Å². The van der Waals surface area contributed by atoms with Crippen LogP contribution in [0.4, 0.5) is 18.9 Å². The topological polar surface area (TPSA) is 55.4 Å². The van der Waals surface area contributed by atoms with E-state index in [9.17, 15) is 22.8 Å². The van der Waals surface area contributed by atoms with Crippen molar-refractivity contribution in [3.63, 3.8) is 0 Å². The number of rotatable bonds is 4. The predicted molar refractivity (Wildman–Crippen MR) is 73.4 cm³/mol. The van der Waals surface area contributed by atoms with Crippen LogP contribution in [0.1, 0.15) is 25.3 Å². The van der Waals surface area contributed by atoms with Crippen molar-refractivity contribution >= 4 is 29.2 Å². The number of hydrogen-bond donors (Lipinski definition) is 1. The fourth-order valence-electron chi connectivity index (χ4n) is 1.67. The molecule has 0 unspecified atom stereocenters. The van der Waals surface area contributed by atoms with Crippen molar-refractivity contribution in [2.75, 3.05) is 5.32 Å². The number of alkyl halides is 3. The SMILES string of the molecule is C[C@@H](OC(=O)C1CC1)C(=O)Nc1cc(C(F)(F)F)ccc1Cl. The molecule has 1 aliphatic carbocycles. The van der Waals surface area contributed by atoms with Gasteiger partial charge in [-0.05, 0) is 38.0 Å². The Morgan fingerprint density at radius 3 is 2.55 bits per heavy atom. The molecule has 0 bridgehead atoms. The number of carbonyl (C=O) groups is 2. The molecule has 1 amide bonds. The molecular formula is C14H13ClF3NO3. The van der Waals surface area contributed by atoms with Crippen molar-refractivity contribution in [3.05, 3.63) is 28.8 Å². The molecule has 4 nitrogen and oxygen atoms in total. The lowest BCUT2D eigenvalue weighted by Gasteiger charge is -2.15. The van der Waals surface area contributed by atoms with Crippen LogP contribution in [0.25, 0.3) is 0 Å². The first-order valence-electron chi connectivity index (χ1n) is 6.56. The van der Waals surface area contributed by atoms with E-state index in [1.165, 1.54) is 6.92 Å². The molecule has 22 heavy (non-hydrogen) atoms. The second-order valence-corrected chi connectivity index (χ2v) is 5.44. The minimum atomic E-state index is -4.55. The number of amides is 1. The van der Waals surface area contributed by atoms with Gasteiger partial charge in [0.25, 0.3) is 5.91 Å². The van der Waals surface area contributed by atoms with E-state index in [4.69, 9.17) is 16.3 Å². The summed E-state index contributed by atoms with van der Waals surface area (Å²) in [6.07, 6.45) is -4.20. The van der Waals surface area contributed by atoms with Crippen molar-refractivity contribution in [1.82, 2.24) is 0 Å². The van der Waals surface area contributed by atoms with E-state index in [1.807, 2.05) is 0 Å². The normalized spacial score (nSPS) is 16.0. The summed E-state index contributed by atoms with van der Waals surface area (Å²) >= 11 is 5.77. The van der Waals surface area contributed by atoms with Crippen LogP contribution in [-0.4, -0.2) is 18.0 Å². The molecule has 0 heterocycles. The van der Waals surface area contributed by atoms with Gasteiger partial charge in [-0.3, -0.25) is 9.59 Å². The Bertz CT molecular complexity index is 599. The number of carbonyl (C=O) groups excluding carboxylic acids is 2. The fourth-order valence-corrected chi connectivity index (χ4v) is 1.84. The molecule has 0 radical (unpaired) electrons. The third-order valence-corrected chi connectivity index (χ3v) is 3.45. The maximum Gasteiger partial charge on any atom is 0.416 e. The molecule has 1 aromatic carbocycles. The zero-order valence-corrected chi connectivity index (χ0v) is 12.3. The van der Waals surface area contributed by atoms with Gasteiger partial charge in [-0.1, -0.05) is 11.6 Å². The van der Waals surface area contributed by atoms with Gasteiger partial charge in [-0.15, -0.1) is 0 Å². The molecular weight excluding hydrogens is 323 g/mol. The maximum absolute atomic E-state index is 12.6. The van der Waals surface area contributed by atoms with Gasteiger partial charge in [-0.2, -0.15) is 13.2 Å². The minimum absolute atomic E-state index is 0.0398. The van der Waals surface area contributed by atoms with Gasteiger partial charge < -0.3 is 10.1 Å². The molecule has 1 aromatic rings. The maximum atomic E-state index is 12.6. The second kappa shape index (κ2) is 6.16. The summed E-state index contributed by atoms with van der Waals surface area (Å²) in [5, 5.41) is 2.20. The molecule has 0 aromatic heterocycles. The Kier molecular flexibility index (Phi) is 4.65. The predicted octanol–water partition coefficient (Wildman–Crippen LogP) is 3.64. The number of hydrogen-bond acceptors (Lipinski definition) is 3. The Hall–Kier alpha value is -1.76. The lowest BCUT2D eigenvalue weighted by Crippen LogP contribution is -2.30. The van der Waals surface area contributed by atoms with Crippen LogP contribution >= 0.6 is 11.6 Å². The first-order chi connectivity index (χ1) is 10.2. The summed E-state index contributed by atoms with van der Waals surface area (Å²) in [5.41, 5.74) is -1.12. The van der Waals surface area contributed by atoms with Gasteiger partial charge in [-0.25, -0.2) is 0 Å². The molecule has 0 spiro atoms. The Labute approximate surface area is 129 Å². The van der Waals surface area contributed by atoms with Gasteiger partial charge >= 0.3 is 12.1 Å². The highest BCUT2D eigenvalue weighted by Gasteiger charge is 2.34. The third-order valence-electron chi connectivity index (χ3n) is 3.12. The van der Waals surface area contributed by atoms with Crippen molar-refractivity contribution in [3.8, 4) is 0 Å². The number of halogens is 4. The number of anilines is 1. The third kappa shape index (κ3) is 4.13. The molecule has 0 saturated heterocycles. The average Bonchev–Trinajstić information content (AvgIpc) is 3.24. The molecule has 120 valence electrons. The van der Waals surface area contributed by atoms with Gasteiger partial charge in [0.2, 0.25) is 0 Å². The number of esters is 1. The van der Waals surface area contributed by atoms with E-state index in [0.29, 0.717) is 0 Å². The molecule has 1 aliphatic rings. The minimum Gasteiger partial charge on any atom is -0.452 e. The molecule has 1 atom stereocenters.